The molecule has 0 N–H and O–H groups in total. The Balaban J connectivity index is 0.000000515. The summed E-state index contributed by atoms with van der Waals surface area (Å²) in [5, 5.41) is 16.6. The number of hydrogen-bond acceptors (Lipinski definition) is 2. The molecule has 0 aliphatic rings. The number of rotatable bonds is 14. The predicted octanol–water partition coefficient (Wildman–Crippen LogP) is 3.01. The summed E-state index contributed by atoms with van der Waals surface area (Å²) >= 11 is 0. The van der Waals surface area contributed by atoms with Crippen molar-refractivity contribution in [2.24, 2.45) is 14.1 Å². The largest absolute Gasteiger partial charge is 0.867 e. The summed E-state index contributed by atoms with van der Waals surface area (Å²) in [6.45, 7) is 6.87. The second-order valence-electron chi connectivity index (χ2n) is 8.44. The zero-order valence-corrected chi connectivity index (χ0v) is 20.9. The highest BCUT2D eigenvalue weighted by Gasteiger charge is 1.99. The Morgan fingerprint density at radius 1 is 0.656 bits per heavy atom. The van der Waals surface area contributed by atoms with E-state index < -0.39 is 7.40 Å². The number of hydrogen-bond donors (Lipinski definition) is 0. The maximum atomic E-state index is 9.89. The molecule has 0 aromatic carbocycles. The molecule has 8 heteroatoms. The normalized spacial score (nSPS) is 10.2. The standard InChI is InChI=1S/2C12H23N2.BFO2/c2*1-3-4-5-6-7-8-9-14-11-10-13(2)12-14;2-1(3)4/h2*10-12H,3-9H2,1-2H3;/q2*+1;-2. The lowest BCUT2D eigenvalue weighted by Crippen LogP contribution is -2.39. The lowest BCUT2D eigenvalue weighted by atomic mass is 10.1. The van der Waals surface area contributed by atoms with E-state index in [4.69, 9.17) is 10.0 Å². The van der Waals surface area contributed by atoms with Crippen molar-refractivity contribution in [2.45, 2.75) is 104 Å². The fraction of sp³-hybridized carbons (Fsp3) is 0.750. The van der Waals surface area contributed by atoms with Crippen molar-refractivity contribution < 1.29 is 23.5 Å². The van der Waals surface area contributed by atoms with Crippen molar-refractivity contribution in [3.05, 3.63) is 37.4 Å². The molecule has 0 amide bonds. The van der Waals surface area contributed by atoms with Gasteiger partial charge < -0.3 is 14.4 Å². The van der Waals surface area contributed by atoms with Crippen LogP contribution in [0.1, 0.15) is 90.9 Å². The Morgan fingerprint density at radius 3 is 1.25 bits per heavy atom. The van der Waals surface area contributed by atoms with Crippen LogP contribution in [0, 0.1) is 0 Å². The number of aryl methyl sites for hydroxylation is 4. The first-order valence-electron chi connectivity index (χ1n) is 12.4. The van der Waals surface area contributed by atoms with E-state index in [1.165, 1.54) is 90.1 Å². The van der Waals surface area contributed by atoms with Gasteiger partial charge in [-0.3, -0.25) is 0 Å². The molecule has 2 aromatic heterocycles. The summed E-state index contributed by atoms with van der Waals surface area (Å²) in [4.78, 5) is 0. The summed E-state index contributed by atoms with van der Waals surface area (Å²) in [7, 11) is 0.968. The zero-order valence-electron chi connectivity index (χ0n) is 20.9. The lowest BCUT2D eigenvalue weighted by molar-refractivity contribution is -0.671. The predicted molar refractivity (Wildman–Crippen MR) is 125 cm³/mol. The molecule has 2 heterocycles. The summed E-state index contributed by atoms with van der Waals surface area (Å²) in [6, 6.07) is 0. The van der Waals surface area contributed by atoms with E-state index in [1.54, 1.807) is 0 Å². The molecule has 2 rings (SSSR count). The molecule has 0 saturated carbocycles. The van der Waals surface area contributed by atoms with Crippen molar-refractivity contribution in [2.75, 3.05) is 0 Å². The monoisotopic (exact) mass is 452 g/mol. The smallest absolute Gasteiger partial charge is 0.243 e. The molecule has 0 radical (unpaired) electrons. The molecular weight excluding hydrogens is 406 g/mol. The van der Waals surface area contributed by atoms with E-state index >= 15 is 0 Å². The molecule has 0 bridgehead atoms. The van der Waals surface area contributed by atoms with Crippen molar-refractivity contribution in [3.63, 3.8) is 0 Å². The molecular formula is C24H46BFN4O2. The van der Waals surface area contributed by atoms with Gasteiger partial charge in [0.1, 0.15) is 32.2 Å². The topological polar surface area (TPSA) is 63.7 Å². The minimum Gasteiger partial charge on any atom is -0.867 e. The van der Waals surface area contributed by atoms with Crippen LogP contribution in [0.15, 0.2) is 37.4 Å². The molecule has 0 atom stereocenters. The van der Waals surface area contributed by atoms with Crippen molar-refractivity contribution in [1.82, 2.24) is 9.13 Å². The molecule has 32 heavy (non-hydrogen) atoms. The van der Waals surface area contributed by atoms with Crippen molar-refractivity contribution in [1.29, 1.82) is 0 Å². The van der Waals surface area contributed by atoms with Gasteiger partial charge in [0, 0.05) is 0 Å². The van der Waals surface area contributed by atoms with E-state index in [0.29, 0.717) is 0 Å². The molecule has 2 aromatic rings. The highest BCUT2D eigenvalue weighted by molar-refractivity contribution is 6.27. The quantitative estimate of drug-likeness (QED) is 0.251. The first-order chi connectivity index (χ1) is 15.4. The van der Waals surface area contributed by atoms with Gasteiger partial charge in [0.25, 0.3) is 0 Å². The first-order valence-corrected chi connectivity index (χ1v) is 12.4. The van der Waals surface area contributed by atoms with Crippen LogP contribution < -0.4 is 19.2 Å². The minimum atomic E-state index is -3.17. The number of aromatic nitrogens is 4. The Hall–Kier alpha value is -1.67. The third-order valence-corrected chi connectivity index (χ3v) is 5.19. The van der Waals surface area contributed by atoms with E-state index in [2.05, 4.69) is 83.7 Å². The summed E-state index contributed by atoms with van der Waals surface area (Å²) in [5.74, 6) is 0. The fourth-order valence-electron chi connectivity index (χ4n) is 3.42. The maximum absolute atomic E-state index is 9.89. The summed E-state index contributed by atoms with van der Waals surface area (Å²) in [6.07, 6.45) is 29.3. The average Bonchev–Trinajstić information content (AvgIpc) is 3.35. The Morgan fingerprint density at radius 2 is 0.969 bits per heavy atom. The van der Waals surface area contributed by atoms with E-state index in [-0.39, 0.29) is 0 Å². The van der Waals surface area contributed by atoms with Gasteiger partial charge in [-0.2, -0.15) is 0 Å². The van der Waals surface area contributed by atoms with E-state index in [1.807, 2.05) is 0 Å². The van der Waals surface area contributed by atoms with Gasteiger partial charge in [0.15, 0.2) is 0 Å². The molecule has 0 aliphatic heterocycles. The molecule has 0 fully saturated rings. The average molecular weight is 452 g/mol. The molecule has 0 spiro atoms. The third-order valence-electron chi connectivity index (χ3n) is 5.19. The number of nitrogens with zero attached hydrogens (tertiary/aromatic N) is 4. The second-order valence-corrected chi connectivity index (χ2v) is 8.44. The third kappa shape index (κ3) is 20.2. The van der Waals surface area contributed by atoms with Gasteiger partial charge in [-0.25, -0.2) is 18.3 Å². The molecule has 0 aliphatic carbocycles. The van der Waals surface area contributed by atoms with Gasteiger partial charge in [0.05, 0.1) is 27.2 Å². The van der Waals surface area contributed by atoms with Crippen LogP contribution in [0.25, 0.3) is 0 Å². The number of imidazole rings is 2. The fourth-order valence-corrected chi connectivity index (χ4v) is 3.42. The van der Waals surface area contributed by atoms with Crippen LogP contribution in [0.5, 0.6) is 0 Å². The van der Waals surface area contributed by atoms with Crippen molar-refractivity contribution in [3.8, 4) is 0 Å². The SMILES string of the molecule is CCCCCCCCn1cc[n+](C)c1.CCCCCCCCn1cc[n+](C)c1.[O-]B([O-])F. The second kappa shape index (κ2) is 21.2. The first kappa shape index (κ1) is 30.3. The van der Waals surface area contributed by atoms with Crippen LogP contribution in [-0.4, -0.2) is 16.5 Å². The number of halogens is 1. The zero-order chi connectivity index (χ0) is 24.0. The Labute approximate surface area is 195 Å². The molecule has 6 nitrogen and oxygen atoms in total. The maximum Gasteiger partial charge on any atom is 0.243 e. The van der Waals surface area contributed by atoms with Crippen LogP contribution in [0.3, 0.4) is 0 Å². The van der Waals surface area contributed by atoms with E-state index in [9.17, 15) is 4.32 Å². The minimum absolute atomic E-state index is 1.17. The van der Waals surface area contributed by atoms with E-state index in [0.717, 1.165) is 0 Å². The number of unbranched alkanes of at least 4 members (excludes halogenated alkanes) is 10. The Bertz CT molecular complexity index is 594. The van der Waals surface area contributed by atoms with Gasteiger partial charge in [-0.15, -0.1) is 0 Å². The lowest BCUT2D eigenvalue weighted by Gasteiger charge is -2.09. The summed E-state index contributed by atoms with van der Waals surface area (Å²) in [5.41, 5.74) is 0. The van der Waals surface area contributed by atoms with Crippen LogP contribution in [-0.2, 0) is 27.2 Å². The van der Waals surface area contributed by atoms with Gasteiger partial charge >= 0.3 is 0 Å². The highest BCUT2D eigenvalue weighted by Crippen LogP contribution is 2.06. The Kier molecular flexibility index (Phi) is 20.1. The van der Waals surface area contributed by atoms with Crippen molar-refractivity contribution >= 4 is 7.40 Å². The molecule has 0 unspecified atom stereocenters. The summed E-state index contributed by atoms with van der Waals surface area (Å²) < 4.78 is 18.6. The van der Waals surface area contributed by atoms with Crippen LogP contribution in [0.2, 0.25) is 0 Å². The van der Waals surface area contributed by atoms with Gasteiger partial charge in [0.2, 0.25) is 12.7 Å². The van der Waals surface area contributed by atoms with Crippen LogP contribution in [0.4, 0.5) is 4.32 Å². The van der Waals surface area contributed by atoms with Crippen LogP contribution >= 0.6 is 0 Å². The van der Waals surface area contributed by atoms with Gasteiger partial charge in [-0.1, -0.05) is 65.2 Å². The van der Waals surface area contributed by atoms with Gasteiger partial charge in [-0.05, 0) is 25.7 Å². The molecule has 0 saturated heterocycles. The molecule has 184 valence electrons. The highest BCUT2D eigenvalue weighted by atomic mass is 19.1.